The largest absolute Gasteiger partial charge is 0.514 e. The zero-order valence-electron chi connectivity index (χ0n) is 15.8. The molecule has 0 saturated carbocycles. The predicted octanol–water partition coefficient (Wildman–Crippen LogP) is 2.62. The molecule has 1 heterocycles. The third-order valence-electron chi connectivity index (χ3n) is 3.33. The molecular formula is C18H24N2O7. The van der Waals surface area contributed by atoms with Crippen molar-refractivity contribution in [1.29, 1.82) is 0 Å². The molecule has 9 heteroatoms. The zero-order valence-corrected chi connectivity index (χ0v) is 15.8. The average Bonchev–Trinajstić information content (AvgIpc) is 2.55. The number of alkyl carbamates (subject to hydrolysis) is 1. The molecule has 0 aromatic heterocycles. The summed E-state index contributed by atoms with van der Waals surface area (Å²) in [6, 6.07) is 3.24. The van der Waals surface area contributed by atoms with Crippen LogP contribution in [0.2, 0.25) is 0 Å². The molecule has 1 aliphatic rings. The second-order valence-corrected chi connectivity index (χ2v) is 6.73. The lowest BCUT2D eigenvalue weighted by molar-refractivity contribution is -0.118. The molecule has 1 aliphatic heterocycles. The third kappa shape index (κ3) is 6.05. The third-order valence-corrected chi connectivity index (χ3v) is 3.33. The van der Waals surface area contributed by atoms with E-state index in [1.54, 1.807) is 33.8 Å². The fraction of sp³-hybridized carbons (Fsp3) is 0.500. The van der Waals surface area contributed by atoms with E-state index in [9.17, 15) is 14.4 Å². The minimum absolute atomic E-state index is 0.120. The molecule has 0 unspecified atom stereocenters. The molecule has 1 aromatic rings. The predicted molar refractivity (Wildman–Crippen MR) is 96.2 cm³/mol. The van der Waals surface area contributed by atoms with Crippen molar-refractivity contribution in [3.63, 3.8) is 0 Å². The van der Waals surface area contributed by atoms with Gasteiger partial charge in [-0.25, -0.2) is 9.59 Å². The maximum absolute atomic E-state index is 11.9. The summed E-state index contributed by atoms with van der Waals surface area (Å²) in [4.78, 5) is 35.0. The topological polar surface area (TPSA) is 112 Å². The summed E-state index contributed by atoms with van der Waals surface area (Å²) in [5, 5.41) is 5.26. The van der Waals surface area contributed by atoms with E-state index in [-0.39, 0.29) is 30.6 Å². The molecule has 2 N–H and O–H groups in total. The van der Waals surface area contributed by atoms with Gasteiger partial charge < -0.3 is 29.6 Å². The monoisotopic (exact) mass is 380 g/mol. The van der Waals surface area contributed by atoms with Gasteiger partial charge in [-0.3, -0.25) is 4.79 Å². The summed E-state index contributed by atoms with van der Waals surface area (Å²) in [6.45, 7) is 7.32. The number of benzene rings is 1. The molecular weight excluding hydrogens is 356 g/mol. The standard InChI is InChI=1S/C18H24N2O7/c1-5-24-16(22)19-9-8-11-6-7-12(26-17(23)27-18(2,3)4)14-15(11)25-10-13(21)20-14/h6-7H,5,8-10H2,1-4H3,(H,19,22)(H,20,21). The molecule has 0 aliphatic carbocycles. The normalized spacial score (nSPS) is 13.0. The Morgan fingerprint density at radius 2 is 2.04 bits per heavy atom. The molecule has 0 fully saturated rings. The molecule has 9 nitrogen and oxygen atoms in total. The van der Waals surface area contributed by atoms with Crippen molar-refractivity contribution >= 4 is 23.8 Å². The van der Waals surface area contributed by atoms with E-state index in [0.29, 0.717) is 18.7 Å². The Bertz CT molecular complexity index is 725. The molecule has 2 rings (SSSR count). The van der Waals surface area contributed by atoms with Crippen molar-refractivity contribution in [3.8, 4) is 11.5 Å². The lowest BCUT2D eigenvalue weighted by Crippen LogP contribution is -2.29. The number of carbonyl (C=O) groups excluding carboxylic acids is 3. The van der Waals surface area contributed by atoms with Crippen molar-refractivity contribution in [2.24, 2.45) is 0 Å². The average molecular weight is 380 g/mol. The number of hydrogen-bond acceptors (Lipinski definition) is 7. The molecule has 2 amide bonds. The quantitative estimate of drug-likeness (QED) is 0.596. The van der Waals surface area contributed by atoms with E-state index in [4.69, 9.17) is 18.9 Å². The van der Waals surface area contributed by atoms with Crippen LogP contribution in [0.15, 0.2) is 12.1 Å². The number of rotatable bonds is 5. The highest BCUT2D eigenvalue weighted by atomic mass is 16.7. The molecule has 148 valence electrons. The van der Waals surface area contributed by atoms with E-state index in [1.165, 1.54) is 6.07 Å². The zero-order chi connectivity index (χ0) is 20.0. The van der Waals surface area contributed by atoms with Crippen molar-refractivity contribution in [1.82, 2.24) is 5.32 Å². The fourth-order valence-electron chi connectivity index (χ4n) is 2.33. The summed E-state index contributed by atoms with van der Waals surface area (Å²) < 4.78 is 20.7. The van der Waals surface area contributed by atoms with Crippen LogP contribution < -0.4 is 20.1 Å². The number of amides is 2. The van der Waals surface area contributed by atoms with Crippen LogP contribution in [0, 0.1) is 0 Å². The SMILES string of the molecule is CCOC(=O)NCCc1ccc(OC(=O)OC(C)(C)C)c2c1OCC(=O)N2. The maximum Gasteiger partial charge on any atom is 0.514 e. The summed E-state index contributed by atoms with van der Waals surface area (Å²) in [6.07, 6.45) is -0.962. The number of ether oxygens (including phenoxy) is 4. The molecule has 0 radical (unpaired) electrons. The van der Waals surface area contributed by atoms with E-state index < -0.39 is 17.8 Å². The number of hydrogen-bond donors (Lipinski definition) is 2. The van der Waals surface area contributed by atoms with Gasteiger partial charge in [0.25, 0.3) is 5.91 Å². The van der Waals surface area contributed by atoms with Gasteiger partial charge in [0, 0.05) is 6.54 Å². The van der Waals surface area contributed by atoms with Crippen LogP contribution in [0.5, 0.6) is 11.5 Å². The summed E-state index contributed by atoms with van der Waals surface area (Å²) in [5.74, 6) is 0.147. The first kappa shape index (κ1) is 20.3. The van der Waals surface area contributed by atoms with Crippen LogP contribution in [-0.2, 0) is 20.7 Å². The Labute approximate surface area is 157 Å². The number of fused-ring (bicyclic) bond motifs is 1. The molecule has 0 bridgehead atoms. The summed E-state index contributed by atoms with van der Waals surface area (Å²) >= 11 is 0. The van der Waals surface area contributed by atoms with Crippen LogP contribution in [-0.4, -0.2) is 43.5 Å². The van der Waals surface area contributed by atoms with Gasteiger partial charge in [0.2, 0.25) is 0 Å². The Morgan fingerprint density at radius 3 is 2.70 bits per heavy atom. The first-order chi connectivity index (χ1) is 12.7. The van der Waals surface area contributed by atoms with E-state index >= 15 is 0 Å². The molecule has 0 spiro atoms. The van der Waals surface area contributed by atoms with Crippen LogP contribution >= 0.6 is 0 Å². The van der Waals surface area contributed by atoms with Gasteiger partial charge in [-0.1, -0.05) is 6.07 Å². The lowest BCUT2D eigenvalue weighted by Gasteiger charge is -2.24. The number of nitrogens with one attached hydrogen (secondary N) is 2. The molecule has 1 aromatic carbocycles. The molecule has 0 saturated heterocycles. The Morgan fingerprint density at radius 1 is 1.30 bits per heavy atom. The van der Waals surface area contributed by atoms with Crippen LogP contribution in [0.1, 0.15) is 33.3 Å². The van der Waals surface area contributed by atoms with Gasteiger partial charge in [0.05, 0.1) is 6.61 Å². The van der Waals surface area contributed by atoms with Gasteiger partial charge >= 0.3 is 12.2 Å². The minimum Gasteiger partial charge on any atom is -0.481 e. The number of anilines is 1. The highest BCUT2D eigenvalue weighted by Crippen LogP contribution is 2.40. The van der Waals surface area contributed by atoms with E-state index in [0.717, 1.165) is 5.56 Å². The maximum atomic E-state index is 11.9. The lowest BCUT2D eigenvalue weighted by atomic mass is 10.1. The van der Waals surface area contributed by atoms with Gasteiger partial charge in [0.15, 0.2) is 18.1 Å². The smallest absolute Gasteiger partial charge is 0.481 e. The first-order valence-corrected chi connectivity index (χ1v) is 8.59. The van der Waals surface area contributed by atoms with Gasteiger partial charge in [-0.15, -0.1) is 0 Å². The Kier molecular flexibility index (Phi) is 6.49. The van der Waals surface area contributed by atoms with Crippen molar-refractivity contribution < 1.29 is 33.3 Å². The Balaban J connectivity index is 2.15. The molecule has 0 atom stereocenters. The second kappa shape index (κ2) is 8.61. The molecule has 27 heavy (non-hydrogen) atoms. The van der Waals surface area contributed by atoms with Crippen LogP contribution in [0.3, 0.4) is 0 Å². The second-order valence-electron chi connectivity index (χ2n) is 6.73. The van der Waals surface area contributed by atoms with Crippen LogP contribution in [0.25, 0.3) is 0 Å². The van der Waals surface area contributed by atoms with Crippen molar-refractivity contribution in [2.75, 3.05) is 25.1 Å². The van der Waals surface area contributed by atoms with Gasteiger partial charge in [-0.05, 0) is 45.7 Å². The fourth-order valence-corrected chi connectivity index (χ4v) is 2.33. The highest BCUT2D eigenvalue weighted by molar-refractivity contribution is 5.98. The van der Waals surface area contributed by atoms with Crippen molar-refractivity contribution in [2.45, 2.75) is 39.7 Å². The van der Waals surface area contributed by atoms with Crippen molar-refractivity contribution in [3.05, 3.63) is 17.7 Å². The van der Waals surface area contributed by atoms with Crippen LogP contribution in [0.4, 0.5) is 15.3 Å². The van der Waals surface area contributed by atoms with Gasteiger partial charge in [0.1, 0.15) is 11.3 Å². The summed E-state index contributed by atoms with van der Waals surface area (Å²) in [5.41, 5.74) is 0.277. The highest BCUT2D eigenvalue weighted by Gasteiger charge is 2.26. The Hall–Kier alpha value is -2.97. The van der Waals surface area contributed by atoms with Gasteiger partial charge in [-0.2, -0.15) is 0 Å². The summed E-state index contributed by atoms with van der Waals surface area (Å²) in [7, 11) is 0. The van der Waals surface area contributed by atoms with E-state index in [1.807, 2.05) is 0 Å². The minimum atomic E-state index is -0.888. The van der Waals surface area contributed by atoms with E-state index in [2.05, 4.69) is 10.6 Å². The first-order valence-electron chi connectivity index (χ1n) is 8.59. The number of carbonyl (C=O) groups is 3.